The number of rotatable bonds is 0. The van der Waals surface area contributed by atoms with Gasteiger partial charge in [-0.15, -0.1) is 0 Å². The monoisotopic (exact) mass is 405 g/mol. The van der Waals surface area contributed by atoms with Crippen molar-refractivity contribution in [1.82, 2.24) is 0 Å². The van der Waals surface area contributed by atoms with Gasteiger partial charge in [-0.2, -0.15) is 0 Å². The molecule has 0 atom stereocenters. The third-order valence-corrected chi connectivity index (χ3v) is 0.905. The molecule has 0 aromatic heterocycles. The third-order valence-electron chi connectivity index (χ3n) is 0.302. The minimum Gasteiger partial charge on any atom is -0.343 e. The molecular formula is C2BiCl4O2. The van der Waals surface area contributed by atoms with Gasteiger partial charge >= 0.3 is 5.97 Å². The maximum absolute atomic E-state index is 10.1. The topological polar surface area (TPSA) is 26.3 Å². The second-order valence-corrected chi connectivity index (χ2v) is 3.30. The fourth-order valence-electron chi connectivity index (χ4n) is 0.0437. The Hall–Kier alpha value is 1.51. The van der Waals surface area contributed by atoms with Gasteiger partial charge in [0.1, 0.15) is 11.9 Å². The first-order chi connectivity index (χ1) is 3.48. The first-order valence-electron chi connectivity index (χ1n) is 1.38. The van der Waals surface area contributed by atoms with E-state index in [1.165, 1.54) is 0 Å². The van der Waals surface area contributed by atoms with Gasteiger partial charge in [0, 0.05) is 26.2 Å². The zero-order chi connectivity index (χ0) is 6.78. The molecule has 0 fully saturated rings. The Bertz CT molecular complexity index is 99.2. The molecule has 53 valence electrons. The van der Waals surface area contributed by atoms with Gasteiger partial charge < -0.3 is 4.29 Å². The normalized spacial score (nSPS) is 9.78. The zero-order valence-electron chi connectivity index (χ0n) is 3.78. The van der Waals surface area contributed by atoms with E-state index in [0.717, 1.165) is 0 Å². The molecule has 0 aliphatic rings. The molecule has 0 aliphatic heterocycles. The van der Waals surface area contributed by atoms with E-state index < -0.39 is 9.76 Å². The van der Waals surface area contributed by atoms with E-state index in [0.29, 0.717) is 0 Å². The van der Waals surface area contributed by atoms with Crippen LogP contribution in [0.2, 0.25) is 0 Å². The Morgan fingerprint density at radius 3 is 1.67 bits per heavy atom. The van der Waals surface area contributed by atoms with Gasteiger partial charge in [0.15, 0.2) is 0 Å². The summed E-state index contributed by atoms with van der Waals surface area (Å²) in [5.74, 6) is -1.11. The molecule has 7 heteroatoms. The maximum Gasteiger partial charge on any atom is 0.376 e. The fraction of sp³-hybridized carbons (Fsp3) is 0.500. The summed E-state index contributed by atoms with van der Waals surface area (Å²) in [5, 5.41) is 0. The van der Waals surface area contributed by atoms with Crippen molar-refractivity contribution in [3.8, 4) is 0 Å². The van der Waals surface area contributed by atoms with Crippen LogP contribution in [0.3, 0.4) is 0 Å². The second-order valence-electron chi connectivity index (χ2n) is 0.862. The SMILES string of the molecule is O=C(OCl)C(Cl)(Cl)Cl.[Bi]. The number of hydrogen-bond donors (Lipinski definition) is 0. The summed E-state index contributed by atoms with van der Waals surface area (Å²) in [6.07, 6.45) is 0. The van der Waals surface area contributed by atoms with E-state index in [4.69, 9.17) is 34.8 Å². The summed E-state index contributed by atoms with van der Waals surface area (Å²) < 4.78 is 1.48. The first-order valence-corrected chi connectivity index (χ1v) is 2.82. The molecular weight excluding hydrogens is 407 g/mol. The van der Waals surface area contributed by atoms with Crippen LogP contribution in [-0.4, -0.2) is 36.0 Å². The molecule has 0 aromatic carbocycles. The van der Waals surface area contributed by atoms with Crippen LogP contribution in [0.5, 0.6) is 0 Å². The molecule has 0 spiro atoms. The van der Waals surface area contributed by atoms with Crippen LogP contribution in [0.25, 0.3) is 0 Å². The van der Waals surface area contributed by atoms with Gasteiger partial charge in [-0.3, -0.25) is 0 Å². The molecule has 0 saturated heterocycles. The molecule has 0 rings (SSSR count). The quantitative estimate of drug-likeness (QED) is 0.452. The maximum atomic E-state index is 10.1. The van der Waals surface area contributed by atoms with Crippen LogP contribution in [0.1, 0.15) is 0 Å². The summed E-state index contributed by atoms with van der Waals surface area (Å²) in [5.41, 5.74) is 0. The molecule has 0 aromatic rings. The first kappa shape index (κ1) is 13.1. The van der Waals surface area contributed by atoms with Gasteiger partial charge in [0.25, 0.3) is 3.79 Å². The largest absolute Gasteiger partial charge is 0.376 e. The van der Waals surface area contributed by atoms with Crippen LogP contribution in [0.4, 0.5) is 0 Å². The van der Waals surface area contributed by atoms with Crippen molar-refractivity contribution in [2.45, 2.75) is 3.79 Å². The molecule has 0 heterocycles. The van der Waals surface area contributed by atoms with Crippen molar-refractivity contribution >= 4 is 78.8 Å². The van der Waals surface area contributed by atoms with Crippen LogP contribution < -0.4 is 0 Å². The summed E-state index contributed by atoms with van der Waals surface area (Å²) in [6, 6.07) is 0. The smallest absolute Gasteiger partial charge is 0.343 e. The van der Waals surface area contributed by atoms with Gasteiger partial charge in [0.05, 0.1) is 0 Å². The Morgan fingerprint density at radius 1 is 1.33 bits per heavy atom. The van der Waals surface area contributed by atoms with Crippen molar-refractivity contribution in [3.05, 3.63) is 0 Å². The average molecular weight is 407 g/mol. The summed E-state index contributed by atoms with van der Waals surface area (Å²) in [7, 11) is 0. The average Bonchev–Trinajstić information content (AvgIpc) is 1.62. The molecule has 2 nitrogen and oxygen atoms in total. The zero-order valence-corrected chi connectivity index (χ0v) is 10.3. The summed E-state index contributed by atoms with van der Waals surface area (Å²) in [4.78, 5) is 10.1. The predicted octanol–water partition coefficient (Wildman–Crippen LogP) is 1.67. The van der Waals surface area contributed by atoms with Gasteiger partial charge in [0.2, 0.25) is 0 Å². The van der Waals surface area contributed by atoms with Crippen molar-refractivity contribution in [2.75, 3.05) is 0 Å². The van der Waals surface area contributed by atoms with Crippen molar-refractivity contribution in [2.24, 2.45) is 0 Å². The molecule has 0 N–H and O–H groups in total. The molecule has 0 bridgehead atoms. The number of carbonyl (C=O) groups is 1. The summed E-state index contributed by atoms with van der Waals surface area (Å²) >= 11 is 19.4. The summed E-state index contributed by atoms with van der Waals surface area (Å²) in [6.45, 7) is 0. The number of hydrogen-bond acceptors (Lipinski definition) is 2. The van der Waals surface area contributed by atoms with Crippen LogP contribution >= 0.6 is 46.7 Å². The van der Waals surface area contributed by atoms with Crippen molar-refractivity contribution in [1.29, 1.82) is 0 Å². The molecule has 9 heavy (non-hydrogen) atoms. The molecule has 0 saturated carbocycles. The number of alkyl halides is 3. The van der Waals surface area contributed by atoms with E-state index in [2.05, 4.69) is 16.2 Å². The molecule has 0 aliphatic carbocycles. The fourth-order valence-corrected chi connectivity index (χ4v) is 0.394. The van der Waals surface area contributed by atoms with E-state index in [-0.39, 0.29) is 26.2 Å². The standard InChI is InChI=1S/C2Cl4O2.Bi/c3-2(4,5)1(7)8-6;. The number of halogens is 4. The molecule has 0 amide bonds. The van der Waals surface area contributed by atoms with E-state index in [1.54, 1.807) is 0 Å². The second kappa shape index (κ2) is 5.20. The minimum atomic E-state index is -2.07. The van der Waals surface area contributed by atoms with Crippen LogP contribution in [0, 0.1) is 0 Å². The van der Waals surface area contributed by atoms with E-state index in [9.17, 15) is 4.79 Å². The molecule has 0 unspecified atom stereocenters. The van der Waals surface area contributed by atoms with Gasteiger partial charge in [-0.1, -0.05) is 34.8 Å². The Labute approximate surface area is 91.0 Å². The van der Waals surface area contributed by atoms with Gasteiger partial charge in [-0.25, -0.2) is 4.79 Å². The predicted molar refractivity (Wildman–Crippen MR) is 38.0 cm³/mol. The van der Waals surface area contributed by atoms with E-state index >= 15 is 0 Å². The number of carbonyl (C=O) groups excluding carboxylic acids is 1. The van der Waals surface area contributed by atoms with Crippen LogP contribution in [0.15, 0.2) is 0 Å². The van der Waals surface area contributed by atoms with Crippen molar-refractivity contribution < 1.29 is 9.08 Å². The molecule has 3 radical (unpaired) electrons. The minimum absolute atomic E-state index is 0. The Morgan fingerprint density at radius 2 is 1.67 bits per heavy atom. The van der Waals surface area contributed by atoms with Gasteiger partial charge in [-0.05, 0) is 0 Å². The third kappa shape index (κ3) is 5.93. The van der Waals surface area contributed by atoms with Crippen molar-refractivity contribution in [3.63, 3.8) is 0 Å². The Balaban J connectivity index is 0. The Kier molecular flexibility index (Phi) is 7.59. The van der Waals surface area contributed by atoms with Crippen LogP contribution in [-0.2, 0) is 9.08 Å². The van der Waals surface area contributed by atoms with E-state index in [1.807, 2.05) is 0 Å².